The first-order chi connectivity index (χ1) is 18.4. The summed E-state index contributed by atoms with van der Waals surface area (Å²) in [5, 5.41) is 2.46. The number of para-hydroxylation sites is 2. The van der Waals surface area contributed by atoms with Gasteiger partial charge in [-0.2, -0.15) is 0 Å². The summed E-state index contributed by atoms with van der Waals surface area (Å²) in [7, 11) is 0. The van der Waals surface area contributed by atoms with Gasteiger partial charge in [0, 0.05) is 11.6 Å². The molecular formula is C29H18F2N2O4S. The van der Waals surface area contributed by atoms with E-state index in [4.69, 9.17) is 21.7 Å². The van der Waals surface area contributed by atoms with E-state index >= 15 is 0 Å². The molecule has 4 aromatic rings. The summed E-state index contributed by atoms with van der Waals surface area (Å²) in [6.07, 6.45) is 1.36. The van der Waals surface area contributed by atoms with Gasteiger partial charge >= 0.3 is 0 Å². The average Bonchev–Trinajstić information content (AvgIpc) is 2.91. The quantitative estimate of drug-likeness (QED) is 0.179. The van der Waals surface area contributed by atoms with Gasteiger partial charge < -0.3 is 9.47 Å². The van der Waals surface area contributed by atoms with E-state index in [1.54, 1.807) is 48.5 Å². The standard InChI is InChI=1S/C29H18F2N2O4S/c30-24-15-14-22(17-25(24)31)37-26-9-5-4-6-18(26)16-23-27(34)32-29(38)33(28(23)35)19-10-12-21(13-11-19)36-20-7-2-1-3-8-20/h1-17H,(H,32,34,38). The summed E-state index contributed by atoms with van der Waals surface area (Å²) in [6.45, 7) is 0. The molecule has 2 amide bonds. The zero-order chi connectivity index (χ0) is 26.6. The van der Waals surface area contributed by atoms with E-state index in [0.29, 0.717) is 22.7 Å². The fraction of sp³-hybridized carbons (Fsp3) is 0. The van der Waals surface area contributed by atoms with Crippen LogP contribution in [0.3, 0.4) is 0 Å². The molecule has 188 valence electrons. The van der Waals surface area contributed by atoms with Gasteiger partial charge in [-0.1, -0.05) is 36.4 Å². The predicted molar refractivity (Wildman–Crippen MR) is 142 cm³/mol. The lowest BCUT2D eigenvalue weighted by atomic mass is 10.1. The molecule has 4 aromatic carbocycles. The fourth-order valence-electron chi connectivity index (χ4n) is 3.70. The summed E-state index contributed by atoms with van der Waals surface area (Å²) in [6, 6.07) is 25.6. The van der Waals surface area contributed by atoms with Crippen molar-refractivity contribution in [2.24, 2.45) is 0 Å². The SMILES string of the molecule is O=C1NC(=S)N(c2ccc(Oc3ccccc3)cc2)C(=O)C1=Cc1ccccc1Oc1ccc(F)c(F)c1. The molecular weight excluding hydrogens is 510 g/mol. The third kappa shape index (κ3) is 5.28. The molecule has 0 saturated carbocycles. The maximum Gasteiger partial charge on any atom is 0.270 e. The Kier molecular flexibility index (Phi) is 6.92. The second-order valence-electron chi connectivity index (χ2n) is 8.08. The number of anilines is 1. The largest absolute Gasteiger partial charge is 0.457 e. The average molecular weight is 529 g/mol. The van der Waals surface area contributed by atoms with Crippen LogP contribution in [0, 0.1) is 11.6 Å². The zero-order valence-corrected chi connectivity index (χ0v) is 20.4. The molecule has 6 nitrogen and oxygen atoms in total. The van der Waals surface area contributed by atoms with Crippen LogP contribution in [0.2, 0.25) is 0 Å². The number of hydrogen-bond donors (Lipinski definition) is 1. The van der Waals surface area contributed by atoms with Gasteiger partial charge in [0.05, 0.1) is 5.69 Å². The first-order valence-electron chi connectivity index (χ1n) is 11.4. The van der Waals surface area contributed by atoms with Crippen LogP contribution in [0.5, 0.6) is 23.0 Å². The van der Waals surface area contributed by atoms with E-state index in [1.165, 1.54) is 17.0 Å². The fourth-order valence-corrected chi connectivity index (χ4v) is 3.98. The number of nitrogens with zero attached hydrogens (tertiary/aromatic N) is 1. The highest BCUT2D eigenvalue weighted by Crippen LogP contribution is 2.30. The second kappa shape index (κ2) is 10.6. The highest BCUT2D eigenvalue weighted by atomic mass is 32.1. The van der Waals surface area contributed by atoms with E-state index in [-0.39, 0.29) is 22.2 Å². The van der Waals surface area contributed by atoms with Crippen LogP contribution >= 0.6 is 12.2 Å². The normalized spacial score (nSPS) is 14.4. The van der Waals surface area contributed by atoms with Crippen LogP contribution in [-0.2, 0) is 9.59 Å². The van der Waals surface area contributed by atoms with Crippen molar-refractivity contribution >= 4 is 40.9 Å². The molecule has 0 radical (unpaired) electrons. The number of benzene rings is 4. The number of amides is 2. The summed E-state index contributed by atoms with van der Waals surface area (Å²) >= 11 is 5.28. The van der Waals surface area contributed by atoms with Crippen molar-refractivity contribution in [3.05, 3.63) is 120 Å². The Bertz CT molecular complexity index is 1570. The van der Waals surface area contributed by atoms with Crippen molar-refractivity contribution in [2.45, 2.75) is 0 Å². The van der Waals surface area contributed by atoms with E-state index in [1.807, 2.05) is 30.3 Å². The Balaban J connectivity index is 1.42. The monoisotopic (exact) mass is 528 g/mol. The second-order valence-corrected chi connectivity index (χ2v) is 8.47. The van der Waals surface area contributed by atoms with Gasteiger partial charge in [-0.25, -0.2) is 8.78 Å². The summed E-state index contributed by atoms with van der Waals surface area (Å²) in [5.41, 5.74) is 0.609. The summed E-state index contributed by atoms with van der Waals surface area (Å²) in [4.78, 5) is 27.4. The minimum Gasteiger partial charge on any atom is -0.457 e. The number of halogens is 2. The van der Waals surface area contributed by atoms with E-state index in [2.05, 4.69) is 5.32 Å². The molecule has 1 aliphatic heterocycles. The predicted octanol–water partition coefficient (Wildman–Crippen LogP) is 6.38. The molecule has 1 heterocycles. The molecule has 9 heteroatoms. The van der Waals surface area contributed by atoms with Gasteiger partial charge in [-0.15, -0.1) is 0 Å². The third-order valence-electron chi connectivity index (χ3n) is 5.51. The number of carbonyl (C=O) groups excluding carboxylic acids is 2. The first kappa shape index (κ1) is 24.8. The van der Waals surface area contributed by atoms with Crippen molar-refractivity contribution in [3.63, 3.8) is 0 Å². The molecule has 1 saturated heterocycles. The van der Waals surface area contributed by atoms with Crippen molar-refractivity contribution in [1.29, 1.82) is 0 Å². The molecule has 1 fully saturated rings. The van der Waals surface area contributed by atoms with Crippen molar-refractivity contribution in [3.8, 4) is 23.0 Å². The van der Waals surface area contributed by atoms with Crippen LogP contribution < -0.4 is 19.7 Å². The number of rotatable bonds is 6. The van der Waals surface area contributed by atoms with E-state index in [0.717, 1.165) is 12.1 Å². The highest BCUT2D eigenvalue weighted by molar-refractivity contribution is 7.80. The lowest BCUT2D eigenvalue weighted by Gasteiger charge is -2.29. The van der Waals surface area contributed by atoms with Gasteiger partial charge in [0.15, 0.2) is 16.7 Å². The summed E-state index contributed by atoms with van der Waals surface area (Å²) in [5.74, 6) is -1.90. The van der Waals surface area contributed by atoms with Crippen LogP contribution in [0.15, 0.2) is 103 Å². The van der Waals surface area contributed by atoms with Crippen molar-refractivity contribution < 1.29 is 27.8 Å². The number of ether oxygens (including phenoxy) is 2. The van der Waals surface area contributed by atoms with E-state index < -0.39 is 23.4 Å². The number of carbonyl (C=O) groups is 2. The van der Waals surface area contributed by atoms with Gasteiger partial charge in [-0.05, 0) is 72.9 Å². The Morgan fingerprint density at radius 3 is 2.13 bits per heavy atom. The van der Waals surface area contributed by atoms with Crippen molar-refractivity contribution in [2.75, 3.05) is 4.90 Å². The summed E-state index contributed by atoms with van der Waals surface area (Å²) < 4.78 is 38.4. The third-order valence-corrected chi connectivity index (χ3v) is 5.80. The van der Waals surface area contributed by atoms with Crippen LogP contribution in [-0.4, -0.2) is 16.9 Å². The van der Waals surface area contributed by atoms with Crippen LogP contribution in [0.1, 0.15) is 5.56 Å². The Morgan fingerprint density at radius 2 is 1.39 bits per heavy atom. The molecule has 0 bridgehead atoms. The Labute approximate surface area is 221 Å². The van der Waals surface area contributed by atoms with Gasteiger partial charge in [0.2, 0.25) is 0 Å². The maximum atomic E-state index is 13.6. The molecule has 0 aliphatic carbocycles. The minimum atomic E-state index is -1.07. The Morgan fingerprint density at radius 1 is 0.737 bits per heavy atom. The molecule has 0 atom stereocenters. The first-order valence-corrected chi connectivity index (χ1v) is 11.8. The highest BCUT2D eigenvalue weighted by Gasteiger charge is 2.34. The molecule has 1 aliphatic rings. The molecule has 0 unspecified atom stereocenters. The van der Waals surface area contributed by atoms with E-state index in [9.17, 15) is 18.4 Å². The molecule has 0 spiro atoms. The van der Waals surface area contributed by atoms with Crippen molar-refractivity contribution in [1.82, 2.24) is 5.32 Å². The topological polar surface area (TPSA) is 67.9 Å². The van der Waals surface area contributed by atoms with Gasteiger partial charge in [0.25, 0.3) is 11.8 Å². The molecule has 38 heavy (non-hydrogen) atoms. The molecule has 1 N–H and O–H groups in total. The lowest BCUT2D eigenvalue weighted by molar-refractivity contribution is -0.122. The van der Waals surface area contributed by atoms with Gasteiger partial charge in [0.1, 0.15) is 28.6 Å². The molecule has 5 rings (SSSR count). The lowest BCUT2D eigenvalue weighted by Crippen LogP contribution is -2.54. The number of thiocarbonyl (C=S) groups is 1. The van der Waals surface area contributed by atoms with Crippen LogP contribution in [0.4, 0.5) is 14.5 Å². The van der Waals surface area contributed by atoms with Gasteiger partial charge in [-0.3, -0.25) is 19.8 Å². The smallest absolute Gasteiger partial charge is 0.270 e. The minimum absolute atomic E-state index is 0.0507. The number of nitrogens with one attached hydrogen (secondary N) is 1. The van der Waals surface area contributed by atoms with Crippen LogP contribution in [0.25, 0.3) is 6.08 Å². The maximum absolute atomic E-state index is 13.6. The zero-order valence-electron chi connectivity index (χ0n) is 19.6. The Hall–Kier alpha value is -4.89. The molecule has 0 aromatic heterocycles. The number of hydrogen-bond acceptors (Lipinski definition) is 5.